The lowest BCUT2D eigenvalue weighted by atomic mass is 9.82. The molecule has 0 saturated carbocycles. The van der Waals surface area contributed by atoms with Crippen LogP contribution < -0.4 is 0 Å². The van der Waals surface area contributed by atoms with Crippen LogP contribution in [0.4, 0.5) is 0 Å². The summed E-state index contributed by atoms with van der Waals surface area (Å²) < 4.78 is 7.48. The zero-order chi connectivity index (χ0) is 64.2. The number of fused-ring (bicyclic) bond motifs is 18. The summed E-state index contributed by atoms with van der Waals surface area (Å²) in [7, 11) is 0. The van der Waals surface area contributed by atoms with E-state index in [1.807, 2.05) is 0 Å². The number of hydrogen-bond acceptors (Lipinski definition) is 2. The Kier molecular flexibility index (Phi) is 11.0. The van der Waals surface area contributed by atoms with Crippen molar-refractivity contribution in [2.75, 3.05) is 0 Å². The highest BCUT2D eigenvalue weighted by Gasteiger charge is 2.38. The van der Waals surface area contributed by atoms with E-state index in [2.05, 4.69) is 339 Å². The molecule has 0 atom stereocenters. The average molecular weight is 1240 g/mol. The minimum absolute atomic E-state index is 0.131. The molecule has 0 spiro atoms. The van der Waals surface area contributed by atoms with Crippen LogP contribution in [0, 0.1) is 0 Å². The lowest BCUT2D eigenvalue weighted by Crippen LogP contribution is -2.15. The predicted octanol–water partition coefficient (Wildman–Crippen LogP) is 23.8. The second-order valence-electron chi connectivity index (χ2n) is 28.0. The van der Waals surface area contributed by atoms with Gasteiger partial charge in [-0.2, -0.15) is 0 Å². The Morgan fingerprint density at radius 2 is 0.629 bits per heavy atom. The molecule has 4 aromatic heterocycles. The van der Waals surface area contributed by atoms with Crippen LogP contribution in [0.3, 0.4) is 0 Å². The summed E-state index contributed by atoms with van der Waals surface area (Å²) in [5.74, 6) is 0.715. The van der Waals surface area contributed by atoms with Crippen LogP contribution in [-0.2, 0) is 10.8 Å². The third kappa shape index (κ3) is 7.59. The third-order valence-electron chi connectivity index (χ3n) is 22.2. The molecular formula is C92H61N5. The maximum atomic E-state index is 5.50. The predicted molar refractivity (Wildman–Crippen MR) is 404 cm³/mol. The highest BCUT2D eigenvalue weighted by molar-refractivity contribution is 6.18. The first-order valence-electron chi connectivity index (χ1n) is 33.9. The highest BCUT2D eigenvalue weighted by Crippen LogP contribution is 2.54. The summed E-state index contributed by atoms with van der Waals surface area (Å²) in [6, 6.07) is 111. The fourth-order valence-corrected chi connectivity index (χ4v) is 17.5. The summed E-state index contributed by atoms with van der Waals surface area (Å²) in [5, 5.41) is 9.76. The van der Waals surface area contributed by atoms with Gasteiger partial charge in [-0.25, -0.2) is 9.97 Å². The van der Waals surface area contributed by atoms with Crippen molar-refractivity contribution >= 4 is 76.2 Å². The molecule has 3 aliphatic carbocycles. The fraction of sp³-hybridized carbons (Fsp3) is 0.0652. The number of aromatic nitrogens is 5. The van der Waals surface area contributed by atoms with Gasteiger partial charge in [0.25, 0.3) is 0 Å². The molecule has 0 bridgehead atoms. The maximum absolute atomic E-state index is 5.50. The summed E-state index contributed by atoms with van der Waals surface area (Å²) in [5.41, 5.74) is 32.9. The molecule has 18 aromatic rings. The summed E-state index contributed by atoms with van der Waals surface area (Å²) in [6.45, 7) is 9.48. The quantitative estimate of drug-likeness (QED) is 0.160. The van der Waals surface area contributed by atoms with E-state index in [1.54, 1.807) is 0 Å². The Morgan fingerprint density at radius 1 is 0.247 bits per heavy atom. The molecule has 0 fully saturated rings. The molecule has 454 valence electrons. The van der Waals surface area contributed by atoms with E-state index in [0.29, 0.717) is 5.82 Å². The molecule has 3 aliphatic rings. The van der Waals surface area contributed by atoms with Crippen molar-refractivity contribution in [3.8, 4) is 107 Å². The lowest BCUT2D eigenvalue weighted by Gasteiger charge is -2.22. The van der Waals surface area contributed by atoms with Gasteiger partial charge >= 0.3 is 0 Å². The van der Waals surface area contributed by atoms with Gasteiger partial charge < -0.3 is 13.7 Å². The topological polar surface area (TPSA) is 40.6 Å². The Labute approximate surface area is 561 Å². The molecule has 97 heavy (non-hydrogen) atoms. The van der Waals surface area contributed by atoms with Gasteiger partial charge in [0.05, 0.1) is 44.5 Å². The first-order chi connectivity index (χ1) is 47.6. The molecule has 5 heteroatoms. The summed E-state index contributed by atoms with van der Waals surface area (Å²) in [6.07, 6.45) is 0. The Morgan fingerprint density at radius 3 is 1.13 bits per heavy atom. The minimum Gasteiger partial charge on any atom is -0.309 e. The van der Waals surface area contributed by atoms with E-state index in [-0.39, 0.29) is 10.8 Å². The molecule has 0 saturated heterocycles. The van der Waals surface area contributed by atoms with Gasteiger partial charge in [-0.05, 0) is 156 Å². The van der Waals surface area contributed by atoms with E-state index in [0.717, 1.165) is 72.6 Å². The first kappa shape index (κ1) is 54.2. The monoisotopic (exact) mass is 1240 g/mol. The second-order valence-corrected chi connectivity index (χ2v) is 28.0. The standard InChI is InChI=1S/C92H61N5/c1-91(2)76-28-12-8-22-64(76)66-46-40-62(52-78(66)91)96-80-30-14-10-24-68(80)70-42-34-59(50-84(70)96)57-36-44-72-73-45-37-58(60-35-43-71-69-25-11-15-31-81(69)97(85(71)51-60)63-41-47-67-65-23-9-13-29-77(65)92(3,4)79(67)53-63)49-83(73)95(82(72)48-57)61-38-32-55(33-39-61)88-87-74-26-16-20-54-21-17-27-75(86(54)74)89(87)94-90(93-88)56-18-6-5-7-19-56/h5-53H,1-4H3. The van der Waals surface area contributed by atoms with Crippen LogP contribution in [0.15, 0.2) is 297 Å². The maximum Gasteiger partial charge on any atom is 0.160 e. The average Bonchev–Trinajstić information content (AvgIpc) is 1.59. The number of nitrogens with zero attached hydrogens (tertiary/aromatic N) is 5. The smallest absolute Gasteiger partial charge is 0.160 e. The van der Waals surface area contributed by atoms with E-state index in [4.69, 9.17) is 9.97 Å². The van der Waals surface area contributed by atoms with Gasteiger partial charge in [0.15, 0.2) is 5.82 Å². The van der Waals surface area contributed by atoms with Crippen molar-refractivity contribution in [2.45, 2.75) is 38.5 Å². The van der Waals surface area contributed by atoms with Crippen molar-refractivity contribution in [1.29, 1.82) is 0 Å². The summed E-state index contributed by atoms with van der Waals surface area (Å²) in [4.78, 5) is 10.9. The van der Waals surface area contributed by atoms with Crippen LogP contribution in [-0.4, -0.2) is 23.7 Å². The minimum atomic E-state index is -0.131. The molecule has 0 radical (unpaired) electrons. The molecule has 0 aliphatic heterocycles. The Balaban J connectivity index is 0.751. The van der Waals surface area contributed by atoms with Crippen molar-refractivity contribution in [3.63, 3.8) is 0 Å². The van der Waals surface area contributed by atoms with Crippen molar-refractivity contribution < 1.29 is 0 Å². The van der Waals surface area contributed by atoms with E-state index in [9.17, 15) is 0 Å². The number of para-hydroxylation sites is 2. The van der Waals surface area contributed by atoms with Crippen LogP contribution in [0.25, 0.3) is 183 Å². The van der Waals surface area contributed by atoms with Gasteiger partial charge in [0.2, 0.25) is 0 Å². The van der Waals surface area contributed by atoms with Crippen LogP contribution in [0.2, 0.25) is 0 Å². The van der Waals surface area contributed by atoms with Gasteiger partial charge in [-0.3, -0.25) is 0 Å². The molecule has 4 heterocycles. The Hall–Kier alpha value is -12.2. The fourth-order valence-electron chi connectivity index (χ4n) is 17.5. The molecule has 21 rings (SSSR count). The van der Waals surface area contributed by atoms with Gasteiger partial charge in [0, 0.05) is 82.5 Å². The third-order valence-corrected chi connectivity index (χ3v) is 22.2. The van der Waals surface area contributed by atoms with Crippen molar-refractivity contribution in [1.82, 2.24) is 23.7 Å². The molecule has 5 nitrogen and oxygen atoms in total. The lowest BCUT2D eigenvalue weighted by molar-refractivity contribution is 0.660. The first-order valence-corrected chi connectivity index (χ1v) is 33.9. The molecule has 14 aromatic carbocycles. The van der Waals surface area contributed by atoms with E-state index < -0.39 is 0 Å². The SMILES string of the molecule is CC1(C)c2ccccc2-c2ccc(-n3c4ccccc4c4ccc(-c5ccc6c7ccc(-c8ccc9c%10ccccc%10n(-c%10ccc%11c(c%10)C(C)(C)c%10ccccc%10-%11)c9c8)cc7n(-c7ccc(-c8nc(-c9ccccc9)nc9c8-c8cccc%10cccc-9c8%10)cc7)c6c5)cc43)cc21. The zero-order valence-electron chi connectivity index (χ0n) is 54.0. The number of rotatable bonds is 7. The zero-order valence-corrected chi connectivity index (χ0v) is 54.0. The van der Waals surface area contributed by atoms with Gasteiger partial charge in [-0.1, -0.05) is 252 Å². The van der Waals surface area contributed by atoms with Crippen molar-refractivity contribution in [2.24, 2.45) is 0 Å². The van der Waals surface area contributed by atoms with Crippen LogP contribution >= 0.6 is 0 Å². The normalized spacial score (nSPS) is 13.7. The summed E-state index contributed by atoms with van der Waals surface area (Å²) >= 11 is 0. The van der Waals surface area contributed by atoms with E-state index in [1.165, 1.54) is 127 Å². The molecule has 0 amide bonds. The van der Waals surface area contributed by atoms with Gasteiger partial charge in [0.1, 0.15) is 0 Å². The Bertz CT molecular complexity index is 6200. The molecule has 0 unspecified atom stereocenters. The molecule has 0 N–H and O–H groups in total. The number of benzene rings is 14. The largest absolute Gasteiger partial charge is 0.309 e. The number of hydrogen-bond donors (Lipinski definition) is 0. The molecular weight excluding hydrogens is 1180 g/mol. The van der Waals surface area contributed by atoms with Crippen LogP contribution in [0.1, 0.15) is 49.9 Å². The van der Waals surface area contributed by atoms with Gasteiger partial charge in [-0.15, -0.1) is 0 Å². The van der Waals surface area contributed by atoms with Crippen molar-refractivity contribution in [3.05, 3.63) is 320 Å². The second kappa shape index (κ2) is 19.7. The highest BCUT2D eigenvalue weighted by atomic mass is 15.0. The van der Waals surface area contributed by atoms with E-state index >= 15 is 0 Å². The van der Waals surface area contributed by atoms with Crippen LogP contribution in [0.5, 0.6) is 0 Å².